The first-order valence-electron chi connectivity index (χ1n) is 8.63. The van der Waals surface area contributed by atoms with Crippen LogP contribution < -0.4 is 4.90 Å². The number of likely N-dealkylation sites (tertiary alicyclic amines) is 1. The van der Waals surface area contributed by atoms with E-state index in [1.54, 1.807) is 6.33 Å². The number of rotatable bonds is 2. The van der Waals surface area contributed by atoms with Crippen molar-refractivity contribution in [3.05, 3.63) is 30.7 Å². The monoisotopic (exact) mass is 325 g/mol. The van der Waals surface area contributed by atoms with Gasteiger partial charge in [0, 0.05) is 31.2 Å². The molecule has 2 aromatic heterocycles. The summed E-state index contributed by atoms with van der Waals surface area (Å²) in [5.41, 5.74) is 2.19. The minimum absolute atomic E-state index is 0.0208. The lowest BCUT2D eigenvalue weighted by Gasteiger charge is -2.46. The van der Waals surface area contributed by atoms with Gasteiger partial charge in [-0.1, -0.05) is 13.5 Å². The molecule has 0 radical (unpaired) electrons. The summed E-state index contributed by atoms with van der Waals surface area (Å²) < 4.78 is 0. The van der Waals surface area contributed by atoms with Crippen LogP contribution in [0.25, 0.3) is 11.0 Å². The number of amides is 1. The number of piperidine rings is 1. The highest BCUT2D eigenvalue weighted by molar-refractivity contribution is 5.93. The van der Waals surface area contributed by atoms with E-state index in [-0.39, 0.29) is 18.0 Å². The van der Waals surface area contributed by atoms with Gasteiger partial charge in [-0.3, -0.25) is 4.79 Å². The van der Waals surface area contributed by atoms with Gasteiger partial charge in [-0.05, 0) is 31.4 Å². The third kappa shape index (κ3) is 2.12. The first-order chi connectivity index (χ1) is 11.6. The van der Waals surface area contributed by atoms with Crippen LogP contribution in [-0.4, -0.2) is 50.9 Å². The summed E-state index contributed by atoms with van der Waals surface area (Å²) in [6, 6.07) is 0.410. The Hall–Kier alpha value is -2.37. The zero-order valence-electron chi connectivity index (χ0n) is 14.2. The highest BCUT2D eigenvalue weighted by atomic mass is 16.2. The van der Waals surface area contributed by atoms with E-state index >= 15 is 0 Å². The molecule has 1 fully saturated rings. The lowest BCUT2D eigenvalue weighted by atomic mass is 9.90. The van der Waals surface area contributed by atoms with Gasteiger partial charge < -0.3 is 14.8 Å². The molecule has 4 heterocycles. The Kier molecular flexibility index (Phi) is 3.55. The average Bonchev–Trinajstić information content (AvgIpc) is 3.03. The van der Waals surface area contributed by atoms with Crippen LogP contribution in [0.3, 0.4) is 0 Å². The maximum Gasteiger partial charge on any atom is 0.246 e. The summed E-state index contributed by atoms with van der Waals surface area (Å²) in [6.07, 6.45) is 7.18. The van der Waals surface area contributed by atoms with E-state index in [0.717, 1.165) is 42.8 Å². The van der Waals surface area contributed by atoms with E-state index in [1.165, 1.54) is 11.6 Å². The molecule has 3 atom stereocenters. The molecule has 1 saturated heterocycles. The Morgan fingerprint density at radius 2 is 2.25 bits per heavy atom. The van der Waals surface area contributed by atoms with Gasteiger partial charge in [0.25, 0.3) is 0 Å². The second-order valence-corrected chi connectivity index (χ2v) is 6.90. The van der Waals surface area contributed by atoms with Crippen LogP contribution in [0.2, 0.25) is 0 Å². The standard InChI is InChI=1S/C18H23N5O/c1-4-15(24)22-7-5-6-14(12(22)3)23-9-11(2)13-8-19-17-16(13)18(23)21-10-20-17/h4,8,10-12,14H,1,5-7,9H2,2-3H3,(H,19,20,21)/t11-,12?,14+/m0/s1. The van der Waals surface area contributed by atoms with E-state index in [2.05, 4.69) is 46.5 Å². The van der Waals surface area contributed by atoms with Gasteiger partial charge in [0.05, 0.1) is 11.4 Å². The quantitative estimate of drug-likeness (QED) is 0.861. The summed E-state index contributed by atoms with van der Waals surface area (Å²) in [5, 5.41) is 1.13. The molecule has 0 aromatic carbocycles. The lowest BCUT2D eigenvalue weighted by Crippen LogP contribution is -2.57. The van der Waals surface area contributed by atoms with Crippen molar-refractivity contribution in [2.24, 2.45) is 0 Å². The molecule has 0 aliphatic carbocycles. The number of aromatic nitrogens is 3. The molecule has 4 rings (SSSR count). The van der Waals surface area contributed by atoms with Crippen LogP contribution in [-0.2, 0) is 4.79 Å². The van der Waals surface area contributed by atoms with E-state index in [1.807, 2.05) is 4.90 Å². The highest BCUT2D eigenvalue weighted by Crippen LogP contribution is 2.39. The predicted octanol–water partition coefficient (Wildman–Crippen LogP) is 2.45. The van der Waals surface area contributed by atoms with E-state index in [9.17, 15) is 4.79 Å². The summed E-state index contributed by atoms with van der Waals surface area (Å²) in [7, 11) is 0. The number of aromatic amines is 1. The molecule has 6 heteroatoms. The average molecular weight is 325 g/mol. The number of hydrogen-bond acceptors (Lipinski definition) is 4. The van der Waals surface area contributed by atoms with Crippen molar-refractivity contribution in [2.75, 3.05) is 18.0 Å². The maximum atomic E-state index is 12.2. The van der Waals surface area contributed by atoms with Crippen LogP contribution in [0.5, 0.6) is 0 Å². The molecule has 0 spiro atoms. The summed E-state index contributed by atoms with van der Waals surface area (Å²) >= 11 is 0. The minimum Gasteiger partial charge on any atom is -0.350 e. The van der Waals surface area contributed by atoms with Crippen molar-refractivity contribution < 1.29 is 4.79 Å². The lowest BCUT2D eigenvalue weighted by molar-refractivity contribution is -0.129. The van der Waals surface area contributed by atoms with Crippen LogP contribution in [0.4, 0.5) is 5.82 Å². The van der Waals surface area contributed by atoms with E-state index in [0.29, 0.717) is 5.92 Å². The number of anilines is 1. The molecule has 2 aromatic rings. The molecule has 2 aliphatic rings. The third-order valence-corrected chi connectivity index (χ3v) is 5.56. The Morgan fingerprint density at radius 1 is 1.42 bits per heavy atom. The second-order valence-electron chi connectivity index (χ2n) is 6.90. The zero-order chi connectivity index (χ0) is 16.8. The van der Waals surface area contributed by atoms with Crippen LogP contribution in [0.1, 0.15) is 38.2 Å². The van der Waals surface area contributed by atoms with E-state index < -0.39 is 0 Å². The fourth-order valence-corrected chi connectivity index (χ4v) is 4.32. The molecule has 24 heavy (non-hydrogen) atoms. The SMILES string of the molecule is C=CC(=O)N1CCC[C@@H](N2C[C@H](C)c3c[nH]c4ncnc2c34)C1C. The van der Waals surface area contributed by atoms with Gasteiger partial charge >= 0.3 is 0 Å². The molecule has 1 N–H and O–H groups in total. The van der Waals surface area contributed by atoms with Crippen LogP contribution >= 0.6 is 0 Å². The maximum absolute atomic E-state index is 12.2. The number of nitrogens with one attached hydrogen (secondary N) is 1. The molecule has 126 valence electrons. The van der Waals surface area contributed by atoms with Gasteiger partial charge in [-0.15, -0.1) is 0 Å². The van der Waals surface area contributed by atoms with Crippen molar-refractivity contribution in [1.29, 1.82) is 0 Å². The van der Waals surface area contributed by atoms with Crippen LogP contribution in [0.15, 0.2) is 25.2 Å². The molecular formula is C18H23N5O. The number of nitrogens with zero attached hydrogens (tertiary/aromatic N) is 4. The van der Waals surface area contributed by atoms with Crippen molar-refractivity contribution in [1.82, 2.24) is 19.9 Å². The Morgan fingerprint density at radius 3 is 3.04 bits per heavy atom. The van der Waals surface area contributed by atoms with Crippen LogP contribution in [0, 0.1) is 0 Å². The van der Waals surface area contributed by atoms with Crippen molar-refractivity contribution in [3.8, 4) is 0 Å². The summed E-state index contributed by atoms with van der Waals surface area (Å²) in [5.74, 6) is 1.43. The Balaban J connectivity index is 1.75. The van der Waals surface area contributed by atoms with Crippen molar-refractivity contribution in [2.45, 2.75) is 44.7 Å². The van der Waals surface area contributed by atoms with E-state index in [4.69, 9.17) is 0 Å². The van der Waals surface area contributed by atoms with Gasteiger partial charge in [0.1, 0.15) is 17.8 Å². The fraction of sp³-hybridized carbons (Fsp3) is 0.500. The Bertz CT molecular complexity index is 798. The predicted molar refractivity (Wildman–Crippen MR) is 94.0 cm³/mol. The van der Waals surface area contributed by atoms with Crippen molar-refractivity contribution in [3.63, 3.8) is 0 Å². The first kappa shape index (κ1) is 15.2. The smallest absolute Gasteiger partial charge is 0.246 e. The molecule has 0 saturated carbocycles. The third-order valence-electron chi connectivity index (χ3n) is 5.56. The largest absolute Gasteiger partial charge is 0.350 e. The zero-order valence-corrected chi connectivity index (χ0v) is 14.2. The molecular weight excluding hydrogens is 302 g/mol. The fourth-order valence-electron chi connectivity index (χ4n) is 4.32. The van der Waals surface area contributed by atoms with Gasteiger partial charge in [-0.25, -0.2) is 9.97 Å². The number of carbonyl (C=O) groups is 1. The molecule has 0 bridgehead atoms. The Labute approximate surface area is 141 Å². The van der Waals surface area contributed by atoms with Crippen molar-refractivity contribution >= 4 is 22.8 Å². The number of H-pyrrole nitrogens is 1. The summed E-state index contributed by atoms with van der Waals surface area (Å²) in [4.78, 5) is 28.7. The first-order valence-corrected chi connectivity index (χ1v) is 8.63. The number of hydrogen-bond donors (Lipinski definition) is 1. The second kappa shape index (κ2) is 5.61. The molecule has 6 nitrogen and oxygen atoms in total. The minimum atomic E-state index is 0.0208. The molecule has 2 aliphatic heterocycles. The highest BCUT2D eigenvalue weighted by Gasteiger charge is 2.38. The summed E-state index contributed by atoms with van der Waals surface area (Å²) in [6.45, 7) is 9.75. The molecule has 1 amide bonds. The molecule has 1 unspecified atom stereocenters. The van der Waals surface area contributed by atoms with Gasteiger partial charge in [0.2, 0.25) is 5.91 Å². The van der Waals surface area contributed by atoms with Gasteiger partial charge in [-0.2, -0.15) is 0 Å². The topological polar surface area (TPSA) is 65.1 Å². The van der Waals surface area contributed by atoms with Gasteiger partial charge in [0.15, 0.2) is 0 Å². The number of carbonyl (C=O) groups excluding carboxylic acids is 1. The normalized spacial score (nSPS) is 26.7.